The molecule has 0 bridgehead atoms. The maximum Gasteiger partial charge on any atom is 0.187 e. The molecule has 0 aliphatic carbocycles. The minimum atomic E-state index is 0.146. The van der Waals surface area contributed by atoms with E-state index in [2.05, 4.69) is 36.8 Å². The molecule has 0 radical (unpaired) electrons. The van der Waals surface area contributed by atoms with Crippen molar-refractivity contribution in [2.24, 2.45) is 10.8 Å². The van der Waals surface area contributed by atoms with Crippen molar-refractivity contribution in [2.75, 3.05) is 5.32 Å². The Balaban J connectivity index is 1.69. The number of nitrogens with one attached hydrogen (secondary N) is 2. The van der Waals surface area contributed by atoms with E-state index in [4.69, 9.17) is 18.0 Å². The van der Waals surface area contributed by atoms with Crippen molar-refractivity contribution in [3.8, 4) is 11.3 Å². The Morgan fingerprint density at radius 2 is 1.85 bits per heavy atom. The Bertz CT molecular complexity index is 933. The van der Waals surface area contributed by atoms with E-state index >= 15 is 0 Å². The van der Waals surface area contributed by atoms with Crippen LogP contribution < -0.4 is 16.5 Å². The maximum absolute atomic E-state index is 5.38. The molecule has 0 atom stereocenters. The lowest BCUT2D eigenvalue weighted by atomic mass is 10.1. The highest BCUT2D eigenvalue weighted by Crippen LogP contribution is 2.28. The Hall–Kier alpha value is -2.29. The molecule has 3 rings (SSSR count). The summed E-state index contributed by atoms with van der Waals surface area (Å²) in [6, 6.07) is 16.0. The number of thiocarbonyl (C=S) groups is 1. The molecule has 26 heavy (non-hydrogen) atoms. The van der Waals surface area contributed by atoms with Gasteiger partial charge in [0, 0.05) is 21.1 Å². The van der Waals surface area contributed by atoms with Crippen molar-refractivity contribution in [2.45, 2.75) is 6.92 Å². The van der Waals surface area contributed by atoms with Crippen LogP contribution in [0.5, 0.6) is 0 Å². The minimum absolute atomic E-state index is 0.146. The number of nitrogens with zero attached hydrogens (tertiary/aromatic N) is 2. The summed E-state index contributed by atoms with van der Waals surface area (Å²) in [6.07, 6.45) is 0. The summed E-state index contributed by atoms with van der Waals surface area (Å²) >= 11 is 9.76. The first-order valence-electron chi connectivity index (χ1n) is 7.70. The van der Waals surface area contributed by atoms with Crippen molar-refractivity contribution >= 4 is 61.1 Å². The number of benzene rings is 2. The third-order valence-electron chi connectivity index (χ3n) is 3.53. The van der Waals surface area contributed by atoms with Crippen LogP contribution in [-0.2, 0) is 0 Å². The molecule has 1 aromatic heterocycles. The lowest BCUT2D eigenvalue weighted by molar-refractivity contribution is 1.03. The zero-order valence-corrected chi connectivity index (χ0v) is 17.1. The largest absolute Gasteiger partial charge is 0.375 e. The molecule has 3 aromatic rings. The molecule has 0 spiro atoms. The van der Waals surface area contributed by atoms with E-state index in [-0.39, 0.29) is 5.11 Å². The van der Waals surface area contributed by atoms with Crippen LogP contribution in [0.2, 0.25) is 0 Å². The number of hydrogen-bond donors (Lipinski definition) is 3. The number of aromatic nitrogens is 1. The third kappa shape index (κ3) is 4.87. The van der Waals surface area contributed by atoms with Crippen LogP contribution in [-0.4, -0.2) is 15.8 Å². The number of thiazole rings is 1. The molecule has 0 saturated carbocycles. The second kappa shape index (κ2) is 8.39. The highest BCUT2D eigenvalue weighted by molar-refractivity contribution is 9.10. The summed E-state index contributed by atoms with van der Waals surface area (Å²) in [5, 5.41) is 10.5. The predicted octanol–water partition coefficient (Wildman–Crippen LogP) is 4.87. The second-order valence-corrected chi connectivity index (χ2v) is 7.63. The van der Waals surface area contributed by atoms with Gasteiger partial charge in [0.05, 0.1) is 11.4 Å². The zero-order chi connectivity index (χ0) is 18.5. The molecule has 1 heterocycles. The highest BCUT2D eigenvalue weighted by atomic mass is 79.9. The Morgan fingerprint density at radius 3 is 2.50 bits per heavy atom. The van der Waals surface area contributed by atoms with Gasteiger partial charge in [0.15, 0.2) is 10.2 Å². The van der Waals surface area contributed by atoms with Gasteiger partial charge in [-0.05, 0) is 49.0 Å². The van der Waals surface area contributed by atoms with Gasteiger partial charge in [-0.2, -0.15) is 5.10 Å². The summed E-state index contributed by atoms with van der Waals surface area (Å²) in [4.78, 5) is 4.64. The first kappa shape index (κ1) is 18.5. The van der Waals surface area contributed by atoms with E-state index in [1.54, 1.807) is 11.3 Å². The number of rotatable bonds is 5. The van der Waals surface area contributed by atoms with E-state index in [1.165, 1.54) is 0 Å². The number of nitrogens with two attached hydrogens (primary N) is 1. The SMILES string of the molecule is C/C(=N\NC(N)=S)c1ccc(Nc2nc(-c3ccc(Br)cc3)cs2)cc1. The highest BCUT2D eigenvalue weighted by Gasteiger charge is 2.05. The first-order chi connectivity index (χ1) is 12.5. The molecule has 0 amide bonds. The smallest absolute Gasteiger partial charge is 0.187 e. The number of hydrogen-bond acceptors (Lipinski definition) is 5. The molecule has 5 nitrogen and oxygen atoms in total. The lowest BCUT2D eigenvalue weighted by Crippen LogP contribution is -2.25. The topological polar surface area (TPSA) is 75.3 Å². The van der Waals surface area contributed by atoms with Gasteiger partial charge in [-0.15, -0.1) is 11.3 Å². The van der Waals surface area contributed by atoms with Crippen molar-refractivity contribution in [3.05, 3.63) is 63.9 Å². The first-order valence-corrected chi connectivity index (χ1v) is 9.78. The second-order valence-electron chi connectivity index (χ2n) is 5.42. The quantitative estimate of drug-likeness (QED) is 0.296. The molecule has 0 fully saturated rings. The Labute approximate surface area is 169 Å². The maximum atomic E-state index is 5.38. The number of halogens is 1. The fraction of sp³-hybridized carbons (Fsp3) is 0.0556. The van der Waals surface area contributed by atoms with Gasteiger partial charge in [0.1, 0.15) is 0 Å². The van der Waals surface area contributed by atoms with E-state index in [9.17, 15) is 0 Å². The molecule has 0 aliphatic heterocycles. The van der Waals surface area contributed by atoms with Crippen LogP contribution >= 0.6 is 39.5 Å². The van der Waals surface area contributed by atoms with Crippen molar-refractivity contribution in [1.82, 2.24) is 10.4 Å². The number of hydrazone groups is 1. The fourth-order valence-corrected chi connectivity index (χ4v) is 3.26. The van der Waals surface area contributed by atoms with Crippen LogP contribution in [0, 0.1) is 0 Å². The van der Waals surface area contributed by atoms with Crippen molar-refractivity contribution in [1.29, 1.82) is 0 Å². The molecule has 0 saturated heterocycles. The molecular weight excluding hydrogens is 430 g/mol. The van der Waals surface area contributed by atoms with Crippen molar-refractivity contribution < 1.29 is 0 Å². The Morgan fingerprint density at radius 1 is 1.15 bits per heavy atom. The lowest BCUT2D eigenvalue weighted by Gasteiger charge is -2.05. The zero-order valence-electron chi connectivity index (χ0n) is 13.9. The third-order valence-corrected chi connectivity index (χ3v) is 4.91. The van der Waals surface area contributed by atoms with Gasteiger partial charge in [0.25, 0.3) is 0 Å². The van der Waals surface area contributed by atoms with Gasteiger partial charge < -0.3 is 11.1 Å². The van der Waals surface area contributed by atoms with E-state index in [0.29, 0.717) is 0 Å². The summed E-state index contributed by atoms with van der Waals surface area (Å²) in [5.74, 6) is 0. The fourth-order valence-electron chi connectivity index (χ4n) is 2.21. The summed E-state index contributed by atoms with van der Waals surface area (Å²) in [5.41, 5.74) is 12.7. The van der Waals surface area contributed by atoms with Crippen LogP contribution in [0.3, 0.4) is 0 Å². The van der Waals surface area contributed by atoms with Gasteiger partial charge in [0.2, 0.25) is 0 Å². The standard InChI is InChI=1S/C18H16BrN5S2/c1-11(23-24-17(20)25)12-4-8-15(9-5-12)21-18-22-16(10-26-18)13-2-6-14(19)7-3-13/h2-10H,1H3,(H,21,22)(H3,20,24,25)/b23-11+. The van der Waals surface area contributed by atoms with Crippen LogP contribution in [0.25, 0.3) is 11.3 Å². The monoisotopic (exact) mass is 445 g/mol. The van der Waals surface area contributed by atoms with Gasteiger partial charge >= 0.3 is 0 Å². The van der Waals surface area contributed by atoms with E-state index in [1.807, 2.05) is 60.8 Å². The molecule has 4 N–H and O–H groups in total. The van der Waals surface area contributed by atoms with Gasteiger partial charge in [-0.3, -0.25) is 5.43 Å². The molecule has 2 aromatic carbocycles. The van der Waals surface area contributed by atoms with Crippen molar-refractivity contribution in [3.63, 3.8) is 0 Å². The van der Waals surface area contributed by atoms with E-state index in [0.717, 1.165) is 37.8 Å². The molecule has 132 valence electrons. The van der Waals surface area contributed by atoms with Gasteiger partial charge in [-0.25, -0.2) is 4.98 Å². The van der Waals surface area contributed by atoms with Crippen LogP contribution in [0.4, 0.5) is 10.8 Å². The Kier molecular flexibility index (Phi) is 5.97. The number of anilines is 2. The van der Waals surface area contributed by atoms with Gasteiger partial charge in [-0.1, -0.05) is 40.2 Å². The average Bonchev–Trinajstić information content (AvgIpc) is 3.09. The molecule has 8 heteroatoms. The minimum Gasteiger partial charge on any atom is -0.375 e. The van der Waals surface area contributed by atoms with Crippen LogP contribution in [0.1, 0.15) is 12.5 Å². The summed E-state index contributed by atoms with van der Waals surface area (Å²) < 4.78 is 1.05. The normalized spacial score (nSPS) is 11.2. The summed E-state index contributed by atoms with van der Waals surface area (Å²) in [6.45, 7) is 1.89. The summed E-state index contributed by atoms with van der Waals surface area (Å²) in [7, 11) is 0. The predicted molar refractivity (Wildman–Crippen MR) is 117 cm³/mol. The van der Waals surface area contributed by atoms with Crippen LogP contribution in [0.15, 0.2) is 63.5 Å². The average molecular weight is 446 g/mol. The molecule has 0 unspecified atom stereocenters. The molecular formula is C18H16BrN5S2. The van der Waals surface area contributed by atoms with E-state index < -0.39 is 0 Å². The molecule has 0 aliphatic rings.